The van der Waals surface area contributed by atoms with Crippen LogP contribution >= 0.6 is 11.3 Å². The van der Waals surface area contributed by atoms with Crippen LogP contribution in [0.5, 0.6) is 0 Å². The van der Waals surface area contributed by atoms with Gasteiger partial charge in [-0.05, 0) is 73.4 Å². The van der Waals surface area contributed by atoms with Crippen LogP contribution in [0.25, 0.3) is 27.0 Å². The summed E-state index contributed by atoms with van der Waals surface area (Å²) in [5, 5.41) is 32.1. The molecule has 0 bridgehead atoms. The van der Waals surface area contributed by atoms with Crippen molar-refractivity contribution >= 4 is 55.5 Å². The molecule has 1 atom stereocenters. The molecule has 0 unspecified atom stereocenters. The Bertz CT molecular complexity index is 2900. The number of thiophene rings is 1. The molecule has 4 aromatic carbocycles. The predicted molar refractivity (Wildman–Crippen MR) is 217 cm³/mol. The number of amides is 1. The molecule has 1 aliphatic heterocycles. The van der Waals surface area contributed by atoms with E-state index in [-0.39, 0.29) is 23.8 Å². The molecule has 0 fully saturated rings. The summed E-state index contributed by atoms with van der Waals surface area (Å²) >= 11 is 1.61. The molecule has 15 heteroatoms. The third-order valence-electron chi connectivity index (χ3n) is 10.0. The first-order chi connectivity index (χ1) is 27.4. The molecule has 0 aliphatic carbocycles. The highest BCUT2D eigenvalue weighted by molar-refractivity contribution is 7.92. The number of carbonyl (C=O) groups is 2. The van der Waals surface area contributed by atoms with E-state index in [0.29, 0.717) is 50.6 Å². The summed E-state index contributed by atoms with van der Waals surface area (Å²) in [5.74, 6) is -0.0822. The van der Waals surface area contributed by atoms with Gasteiger partial charge >= 0.3 is 5.97 Å². The van der Waals surface area contributed by atoms with Crippen LogP contribution in [0.3, 0.4) is 0 Å². The monoisotopic (exact) mass is 794 g/mol. The molecule has 3 aromatic heterocycles. The maximum absolute atomic E-state index is 13.2. The van der Waals surface area contributed by atoms with Gasteiger partial charge in [0.05, 0.1) is 33.8 Å². The number of fused-ring (bicyclic) bond motifs is 4. The number of nitrogens with one attached hydrogen (secondary N) is 3. The number of anilines is 1. The average Bonchev–Trinajstić information content (AvgIpc) is 3.87. The molecule has 0 radical (unpaired) electrons. The molecule has 0 saturated heterocycles. The van der Waals surface area contributed by atoms with Crippen molar-refractivity contribution in [1.29, 1.82) is 5.26 Å². The topological polar surface area (TPSA) is 195 Å². The van der Waals surface area contributed by atoms with Gasteiger partial charge in [-0.3, -0.25) is 23.9 Å². The lowest BCUT2D eigenvalue weighted by molar-refractivity contribution is -0.137. The molecule has 4 heterocycles. The second-order valence-corrected chi connectivity index (χ2v) is 16.5. The van der Waals surface area contributed by atoms with E-state index in [4.69, 9.17) is 4.99 Å². The average molecular weight is 795 g/mol. The standard InChI is InChI=1S/C42H34N8O5S2/c1-23-24(2)56-42-37(23)38(46-35(19-36(51)52)40-48-47-25(3)50(40)42)29-13-9-27(10-14-29)28-11-15-30(16-12-28)41(53)45-21-26-7-17-32(18-8-26)57(54,55)49-34-6-4-5-33-31(20-43)22-44-39(33)34/h4-18,22,35,44,49H,19,21H2,1-3H3,(H,45,53)(H,51,52)/t35-/m0/s1. The number of rotatable bonds is 10. The van der Waals surface area contributed by atoms with Gasteiger partial charge in [-0.1, -0.05) is 60.7 Å². The van der Waals surface area contributed by atoms with Gasteiger partial charge in [0.25, 0.3) is 15.9 Å². The Labute approximate surface area is 331 Å². The van der Waals surface area contributed by atoms with Crippen LogP contribution in [0.4, 0.5) is 5.69 Å². The fourth-order valence-electron chi connectivity index (χ4n) is 6.93. The van der Waals surface area contributed by atoms with E-state index in [1.54, 1.807) is 53.8 Å². The van der Waals surface area contributed by atoms with Crippen LogP contribution in [0, 0.1) is 32.1 Å². The zero-order chi connectivity index (χ0) is 40.0. The summed E-state index contributed by atoms with van der Waals surface area (Å²) in [6.45, 7) is 6.15. The van der Waals surface area contributed by atoms with Gasteiger partial charge in [0.15, 0.2) is 5.82 Å². The minimum atomic E-state index is -3.93. The van der Waals surface area contributed by atoms with Gasteiger partial charge in [0.1, 0.15) is 22.9 Å². The summed E-state index contributed by atoms with van der Waals surface area (Å²) in [6.07, 6.45) is 1.31. The van der Waals surface area contributed by atoms with Crippen LogP contribution in [0.15, 0.2) is 107 Å². The van der Waals surface area contributed by atoms with E-state index in [9.17, 15) is 28.4 Å². The van der Waals surface area contributed by atoms with Crippen LogP contribution in [0.1, 0.15) is 67.2 Å². The van der Waals surface area contributed by atoms with Gasteiger partial charge in [-0.15, -0.1) is 21.5 Å². The summed E-state index contributed by atoms with van der Waals surface area (Å²) in [5.41, 5.74) is 7.83. The first-order valence-electron chi connectivity index (χ1n) is 17.8. The van der Waals surface area contributed by atoms with E-state index < -0.39 is 22.0 Å². The lowest BCUT2D eigenvalue weighted by atomic mass is 9.96. The van der Waals surface area contributed by atoms with Gasteiger partial charge in [0.2, 0.25) is 0 Å². The number of hydrogen-bond acceptors (Lipinski definition) is 9. The highest BCUT2D eigenvalue weighted by atomic mass is 32.2. The second-order valence-electron chi connectivity index (χ2n) is 13.6. The maximum Gasteiger partial charge on any atom is 0.306 e. The number of aromatic amines is 1. The SMILES string of the molecule is Cc1sc2c(c1C)C(c1ccc(-c3ccc(C(=O)NCc4ccc(S(=O)(=O)Nc5cccc6c(C#N)c[nH]c56)cc4)cc3)cc1)=N[C@@H](CC(=O)O)c1nnc(C)n1-2. The Morgan fingerprint density at radius 2 is 1.61 bits per heavy atom. The minimum absolute atomic E-state index is 0.0524. The summed E-state index contributed by atoms with van der Waals surface area (Å²) < 4.78 is 30.9. The molecule has 0 spiro atoms. The number of carbonyl (C=O) groups excluding carboxylic acids is 1. The number of carboxylic acid groups (broad SMARTS) is 1. The van der Waals surface area contributed by atoms with Crippen LogP contribution in [-0.4, -0.2) is 50.9 Å². The number of aromatic nitrogens is 4. The zero-order valence-corrected chi connectivity index (χ0v) is 32.5. The molecular formula is C42H34N8O5S2. The molecule has 4 N–H and O–H groups in total. The lowest BCUT2D eigenvalue weighted by Gasteiger charge is -2.12. The summed E-state index contributed by atoms with van der Waals surface area (Å²) in [7, 11) is -3.93. The predicted octanol–water partition coefficient (Wildman–Crippen LogP) is 7.37. The molecule has 8 rings (SSSR count). The van der Waals surface area contributed by atoms with E-state index in [0.717, 1.165) is 37.7 Å². The smallest absolute Gasteiger partial charge is 0.306 e. The third-order valence-corrected chi connectivity index (χ3v) is 12.6. The lowest BCUT2D eigenvalue weighted by Crippen LogP contribution is -2.22. The van der Waals surface area contributed by atoms with Crippen LogP contribution in [-0.2, 0) is 21.4 Å². The number of nitriles is 1. The molecule has 7 aromatic rings. The quantitative estimate of drug-likeness (QED) is 0.110. The number of aliphatic carboxylic acids is 1. The van der Waals surface area contributed by atoms with Gasteiger partial charge in [-0.25, -0.2) is 8.42 Å². The summed E-state index contributed by atoms with van der Waals surface area (Å²) in [6, 6.07) is 27.8. The molecule has 57 heavy (non-hydrogen) atoms. The Hall–Kier alpha value is -6.89. The molecule has 1 aliphatic rings. The first kappa shape index (κ1) is 37.1. The summed E-state index contributed by atoms with van der Waals surface area (Å²) in [4.78, 5) is 34.1. The number of carboxylic acids is 1. The number of para-hydroxylation sites is 1. The Kier molecular flexibility index (Phi) is 9.52. The first-order valence-corrected chi connectivity index (χ1v) is 20.1. The van der Waals surface area contributed by atoms with E-state index >= 15 is 0 Å². The zero-order valence-electron chi connectivity index (χ0n) is 30.9. The van der Waals surface area contributed by atoms with Crippen molar-refractivity contribution in [2.45, 2.75) is 44.7 Å². The number of H-pyrrole nitrogens is 1. The second kappa shape index (κ2) is 14.6. The van der Waals surface area contributed by atoms with Crippen LogP contribution < -0.4 is 10.0 Å². The fraction of sp³-hybridized carbons (Fsp3) is 0.143. The normalized spacial score (nSPS) is 13.6. The van der Waals surface area contributed by atoms with Crippen molar-refractivity contribution in [1.82, 2.24) is 25.1 Å². The number of hydrogen-bond donors (Lipinski definition) is 4. The largest absolute Gasteiger partial charge is 0.481 e. The van der Waals surface area contributed by atoms with Crippen molar-refractivity contribution in [2.75, 3.05) is 4.72 Å². The Balaban J connectivity index is 0.942. The number of nitrogens with zero attached hydrogens (tertiary/aromatic N) is 5. The van der Waals surface area contributed by atoms with Gasteiger partial charge in [0, 0.05) is 39.7 Å². The number of sulfonamides is 1. The molecular weight excluding hydrogens is 761 g/mol. The van der Waals surface area contributed by atoms with E-state index in [2.05, 4.69) is 38.2 Å². The van der Waals surface area contributed by atoms with Crippen LogP contribution in [0.2, 0.25) is 0 Å². The van der Waals surface area contributed by atoms with Crippen molar-refractivity contribution in [3.8, 4) is 22.2 Å². The Morgan fingerprint density at radius 1 is 0.930 bits per heavy atom. The van der Waals surface area contributed by atoms with E-state index in [1.165, 1.54) is 18.3 Å². The molecule has 13 nitrogen and oxygen atoms in total. The minimum Gasteiger partial charge on any atom is -0.481 e. The molecule has 284 valence electrons. The highest BCUT2D eigenvalue weighted by Crippen LogP contribution is 2.40. The molecule has 1 amide bonds. The fourth-order valence-corrected chi connectivity index (χ4v) is 9.22. The molecule has 0 saturated carbocycles. The highest BCUT2D eigenvalue weighted by Gasteiger charge is 2.32. The van der Waals surface area contributed by atoms with Crippen molar-refractivity contribution in [3.63, 3.8) is 0 Å². The third kappa shape index (κ3) is 6.96. The van der Waals surface area contributed by atoms with Crippen molar-refractivity contribution in [2.24, 2.45) is 4.99 Å². The maximum atomic E-state index is 13.2. The van der Waals surface area contributed by atoms with Crippen molar-refractivity contribution in [3.05, 3.63) is 147 Å². The number of benzene rings is 4. The van der Waals surface area contributed by atoms with Gasteiger partial charge < -0.3 is 15.4 Å². The number of aryl methyl sites for hydroxylation is 2. The van der Waals surface area contributed by atoms with Gasteiger partial charge in [-0.2, -0.15) is 5.26 Å². The van der Waals surface area contributed by atoms with E-state index in [1.807, 2.05) is 54.8 Å². The number of aliphatic imine (C=N–C) groups is 1. The van der Waals surface area contributed by atoms with Crippen molar-refractivity contribution < 1.29 is 23.1 Å². The Morgan fingerprint density at radius 3 is 2.30 bits per heavy atom.